The standard InChI is InChI=1S/C26H28N4O3S/c1-14(2)13-33-20-9-7-17(11-21(20)32-5)18-12-23(31)28-25-24(18)16(4)29-30(25)26-27-19-8-6-15(3)10-22(19)34-26/h6-11,14,18H,12-13H2,1-5H3,(H,28,31). The van der Waals surface area contributed by atoms with E-state index in [0.717, 1.165) is 32.2 Å². The number of hydrogen-bond acceptors (Lipinski definition) is 6. The van der Waals surface area contributed by atoms with Gasteiger partial charge < -0.3 is 14.8 Å². The van der Waals surface area contributed by atoms with Crippen LogP contribution in [0.25, 0.3) is 15.3 Å². The van der Waals surface area contributed by atoms with Gasteiger partial charge in [-0.15, -0.1) is 0 Å². The first-order valence-corrected chi connectivity index (χ1v) is 12.2. The molecule has 1 unspecified atom stereocenters. The highest BCUT2D eigenvalue weighted by Gasteiger charge is 2.33. The number of thiazole rings is 1. The summed E-state index contributed by atoms with van der Waals surface area (Å²) >= 11 is 1.57. The summed E-state index contributed by atoms with van der Waals surface area (Å²) in [6, 6.07) is 12.1. The molecule has 1 N–H and O–H groups in total. The lowest BCUT2D eigenvalue weighted by Crippen LogP contribution is -2.25. The van der Waals surface area contributed by atoms with E-state index in [0.29, 0.717) is 36.3 Å². The van der Waals surface area contributed by atoms with Gasteiger partial charge in [0, 0.05) is 17.9 Å². The quantitative estimate of drug-likeness (QED) is 0.391. The Kier molecular flexibility index (Phi) is 5.77. The normalized spacial score (nSPS) is 15.5. The third-order valence-corrected chi connectivity index (χ3v) is 6.97. The fourth-order valence-corrected chi connectivity index (χ4v) is 5.38. The number of amides is 1. The number of rotatable bonds is 6. The molecule has 0 saturated heterocycles. The van der Waals surface area contributed by atoms with Crippen LogP contribution in [0.2, 0.25) is 0 Å². The van der Waals surface area contributed by atoms with Gasteiger partial charge in [-0.3, -0.25) is 4.79 Å². The first-order chi connectivity index (χ1) is 16.3. The van der Waals surface area contributed by atoms with Gasteiger partial charge in [0.25, 0.3) is 0 Å². The van der Waals surface area contributed by atoms with E-state index in [9.17, 15) is 4.79 Å². The number of aromatic nitrogens is 3. The number of benzene rings is 2. The minimum atomic E-state index is -0.137. The van der Waals surface area contributed by atoms with Crippen LogP contribution in [0.4, 0.5) is 5.82 Å². The Hall–Kier alpha value is -3.39. The smallest absolute Gasteiger partial charge is 0.226 e. The molecular weight excluding hydrogens is 448 g/mol. The number of carbonyl (C=O) groups is 1. The number of fused-ring (bicyclic) bond motifs is 2. The predicted octanol–water partition coefficient (Wildman–Crippen LogP) is 5.62. The molecule has 0 bridgehead atoms. The van der Waals surface area contributed by atoms with Gasteiger partial charge in [0.05, 0.1) is 29.6 Å². The molecule has 1 atom stereocenters. The summed E-state index contributed by atoms with van der Waals surface area (Å²) in [5, 5.41) is 8.58. The summed E-state index contributed by atoms with van der Waals surface area (Å²) in [6.07, 6.45) is 0.341. The van der Waals surface area contributed by atoms with Gasteiger partial charge >= 0.3 is 0 Å². The SMILES string of the molecule is COc1cc(C2CC(=O)Nc3c2c(C)nn3-c2nc3ccc(C)cc3s2)ccc1OCC(C)C. The summed E-state index contributed by atoms with van der Waals surface area (Å²) < 4.78 is 14.4. The summed E-state index contributed by atoms with van der Waals surface area (Å²) in [6.45, 7) is 8.87. The molecule has 5 rings (SSSR count). The lowest BCUT2D eigenvalue weighted by molar-refractivity contribution is -0.116. The Morgan fingerprint density at radius 2 is 2.00 bits per heavy atom. The van der Waals surface area contributed by atoms with Crippen LogP contribution in [-0.2, 0) is 4.79 Å². The molecular formula is C26H28N4O3S. The summed E-state index contributed by atoms with van der Waals surface area (Å²) in [5.74, 6) is 2.29. The van der Waals surface area contributed by atoms with Crippen molar-refractivity contribution in [1.82, 2.24) is 14.8 Å². The van der Waals surface area contributed by atoms with Crippen molar-refractivity contribution in [3.05, 3.63) is 58.8 Å². The maximum absolute atomic E-state index is 12.8. The average molecular weight is 477 g/mol. The van der Waals surface area contributed by atoms with Gasteiger partial charge in [0.1, 0.15) is 5.82 Å². The first kappa shape index (κ1) is 22.4. The van der Waals surface area contributed by atoms with E-state index in [-0.39, 0.29) is 11.8 Å². The number of hydrogen-bond donors (Lipinski definition) is 1. The number of ether oxygens (including phenoxy) is 2. The van der Waals surface area contributed by atoms with Crippen molar-refractivity contribution < 1.29 is 14.3 Å². The van der Waals surface area contributed by atoms with Crippen LogP contribution >= 0.6 is 11.3 Å². The zero-order valence-electron chi connectivity index (χ0n) is 20.0. The van der Waals surface area contributed by atoms with Crippen LogP contribution in [-0.4, -0.2) is 34.4 Å². The highest BCUT2D eigenvalue weighted by atomic mass is 32.1. The third kappa shape index (κ3) is 4.03. The predicted molar refractivity (Wildman–Crippen MR) is 135 cm³/mol. The van der Waals surface area contributed by atoms with Crippen molar-refractivity contribution >= 4 is 33.3 Å². The largest absolute Gasteiger partial charge is 0.493 e. The highest BCUT2D eigenvalue weighted by molar-refractivity contribution is 7.20. The Morgan fingerprint density at radius 3 is 2.76 bits per heavy atom. The van der Waals surface area contributed by atoms with Crippen LogP contribution in [0.5, 0.6) is 11.5 Å². The maximum atomic E-state index is 12.8. The summed E-state index contributed by atoms with van der Waals surface area (Å²) in [7, 11) is 1.64. The van der Waals surface area contributed by atoms with Crippen molar-refractivity contribution in [3.63, 3.8) is 0 Å². The van der Waals surface area contributed by atoms with E-state index in [2.05, 4.69) is 38.2 Å². The minimum Gasteiger partial charge on any atom is -0.493 e. The van der Waals surface area contributed by atoms with E-state index in [1.807, 2.05) is 31.2 Å². The molecule has 3 heterocycles. The molecule has 4 aromatic rings. The first-order valence-electron chi connectivity index (χ1n) is 11.4. The number of nitrogens with zero attached hydrogens (tertiary/aromatic N) is 3. The average Bonchev–Trinajstić information content (AvgIpc) is 3.37. The van der Waals surface area contributed by atoms with Crippen molar-refractivity contribution in [2.75, 3.05) is 19.0 Å². The Balaban J connectivity index is 1.56. The van der Waals surface area contributed by atoms with Gasteiger partial charge in [0.2, 0.25) is 11.0 Å². The molecule has 8 heteroatoms. The second-order valence-corrected chi connectivity index (χ2v) is 10.2. The van der Waals surface area contributed by atoms with Crippen LogP contribution in [0, 0.1) is 19.8 Å². The van der Waals surface area contributed by atoms with Crippen molar-refractivity contribution in [3.8, 4) is 16.6 Å². The Bertz CT molecular complexity index is 1390. The number of carbonyl (C=O) groups excluding carboxylic acids is 1. The van der Waals surface area contributed by atoms with Gasteiger partial charge in [-0.2, -0.15) is 9.78 Å². The Labute approximate surface area is 202 Å². The molecule has 0 radical (unpaired) electrons. The molecule has 0 spiro atoms. The molecule has 0 fully saturated rings. The molecule has 1 aliphatic rings. The molecule has 1 aliphatic heterocycles. The zero-order valence-corrected chi connectivity index (χ0v) is 20.8. The molecule has 7 nitrogen and oxygen atoms in total. The maximum Gasteiger partial charge on any atom is 0.226 e. The van der Waals surface area contributed by atoms with Crippen molar-refractivity contribution in [2.45, 2.75) is 40.0 Å². The molecule has 176 valence electrons. The summed E-state index contributed by atoms with van der Waals surface area (Å²) in [4.78, 5) is 17.6. The van der Waals surface area contributed by atoms with Crippen LogP contribution in [0.1, 0.15) is 48.6 Å². The molecule has 1 amide bonds. The fraction of sp³-hybridized carbons (Fsp3) is 0.346. The molecule has 0 saturated carbocycles. The number of methoxy groups -OCH3 is 1. The van der Waals surface area contributed by atoms with E-state index in [1.165, 1.54) is 5.56 Å². The lowest BCUT2D eigenvalue weighted by atomic mass is 9.85. The van der Waals surface area contributed by atoms with E-state index in [4.69, 9.17) is 19.6 Å². The third-order valence-electron chi connectivity index (χ3n) is 5.98. The molecule has 2 aromatic heterocycles. The number of anilines is 1. The number of aryl methyl sites for hydroxylation is 2. The minimum absolute atomic E-state index is 0.0466. The fourth-order valence-electron chi connectivity index (χ4n) is 4.36. The molecule has 0 aliphatic carbocycles. The van der Waals surface area contributed by atoms with Crippen LogP contribution in [0.3, 0.4) is 0 Å². The molecule has 2 aromatic carbocycles. The van der Waals surface area contributed by atoms with E-state index >= 15 is 0 Å². The van der Waals surface area contributed by atoms with Crippen molar-refractivity contribution in [1.29, 1.82) is 0 Å². The van der Waals surface area contributed by atoms with E-state index in [1.54, 1.807) is 23.1 Å². The monoisotopic (exact) mass is 476 g/mol. The lowest BCUT2D eigenvalue weighted by Gasteiger charge is -2.25. The highest BCUT2D eigenvalue weighted by Crippen LogP contribution is 2.43. The molecule has 34 heavy (non-hydrogen) atoms. The van der Waals surface area contributed by atoms with Gasteiger partial charge in [0.15, 0.2) is 11.5 Å². The van der Waals surface area contributed by atoms with Crippen molar-refractivity contribution in [2.24, 2.45) is 5.92 Å². The van der Waals surface area contributed by atoms with E-state index < -0.39 is 0 Å². The van der Waals surface area contributed by atoms with Crippen LogP contribution in [0.15, 0.2) is 36.4 Å². The number of nitrogens with one attached hydrogen (secondary N) is 1. The second-order valence-electron chi connectivity index (χ2n) is 9.15. The Morgan fingerprint density at radius 1 is 1.18 bits per heavy atom. The van der Waals surface area contributed by atoms with Gasteiger partial charge in [-0.05, 0) is 55.2 Å². The van der Waals surface area contributed by atoms with Gasteiger partial charge in [-0.25, -0.2) is 4.98 Å². The zero-order chi connectivity index (χ0) is 24.0. The van der Waals surface area contributed by atoms with Crippen LogP contribution < -0.4 is 14.8 Å². The second kappa shape index (κ2) is 8.76. The van der Waals surface area contributed by atoms with Gasteiger partial charge in [-0.1, -0.05) is 37.3 Å². The topological polar surface area (TPSA) is 78.3 Å². The summed E-state index contributed by atoms with van der Waals surface area (Å²) in [5.41, 5.74) is 4.98.